The Balaban J connectivity index is -0.000000317. The van der Waals surface area contributed by atoms with Gasteiger partial charge in [-0.1, -0.05) is 27.7 Å². The van der Waals surface area contributed by atoms with Crippen LogP contribution >= 0.6 is 0 Å². The molecule has 25 heavy (non-hydrogen) atoms. The van der Waals surface area contributed by atoms with E-state index in [1.165, 1.54) is 32.6 Å². The van der Waals surface area contributed by atoms with Crippen molar-refractivity contribution < 1.29 is 0 Å². The Morgan fingerprint density at radius 2 is 1.36 bits per heavy atom. The molecule has 0 rings (SSSR count). The highest BCUT2D eigenvalue weighted by Crippen LogP contribution is 2.14. The first-order valence-electron chi connectivity index (χ1n) is 10.0. The molecule has 0 bridgehead atoms. The van der Waals surface area contributed by atoms with Crippen molar-refractivity contribution in [3.8, 4) is 0 Å². The Kier molecular flexibility index (Phi) is 22.0. The molecule has 0 saturated carbocycles. The van der Waals surface area contributed by atoms with Crippen LogP contribution in [-0.2, 0) is 0 Å². The van der Waals surface area contributed by atoms with Crippen molar-refractivity contribution in [2.24, 2.45) is 5.73 Å². The second-order valence-electron chi connectivity index (χ2n) is 7.44. The lowest BCUT2D eigenvalue weighted by atomic mass is 9.95. The van der Waals surface area contributed by atoms with Gasteiger partial charge in [-0.05, 0) is 81.6 Å². The minimum Gasteiger partial charge on any atom is -0.329 e. The van der Waals surface area contributed by atoms with Gasteiger partial charge in [0.15, 0.2) is 0 Å². The van der Waals surface area contributed by atoms with E-state index in [0.717, 1.165) is 6.54 Å². The summed E-state index contributed by atoms with van der Waals surface area (Å²) >= 11 is 0. The van der Waals surface area contributed by atoms with Gasteiger partial charge in [-0.2, -0.15) is 0 Å². The molecule has 0 fully saturated rings. The van der Waals surface area contributed by atoms with Crippen LogP contribution in [0.4, 0.5) is 0 Å². The van der Waals surface area contributed by atoms with Crippen molar-refractivity contribution in [3.05, 3.63) is 0 Å². The molecule has 0 radical (unpaired) electrons. The van der Waals surface area contributed by atoms with Crippen molar-refractivity contribution in [1.82, 2.24) is 20.0 Å². The zero-order chi connectivity index (χ0) is 20.5. The molecule has 0 heterocycles. The zero-order valence-corrected chi connectivity index (χ0v) is 19.4. The van der Waals surface area contributed by atoms with Crippen LogP contribution in [0.5, 0.6) is 0 Å². The second kappa shape index (κ2) is 18.6. The van der Waals surface area contributed by atoms with Crippen LogP contribution in [0.2, 0.25) is 0 Å². The van der Waals surface area contributed by atoms with Gasteiger partial charge >= 0.3 is 0 Å². The van der Waals surface area contributed by atoms with Crippen molar-refractivity contribution in [2.45, 2.75) is 66.5 Å². The van der Waals surface area contributed by atoms with Crippen molar-refractivity contribution in [3.63, 3.8) is 0 Å². The molecule has 0 aliphatic rings. The Morgan fingerprint density at radius 3 is 1.52 bits per heavy atom. The maximum Gasteiger partial charge on any atom is 0.0297 e. The molecule has 0 aliphatic heterocycles. The first-order valence-corrected chi connectivity index (χ1v) is 10.0. The Labute approximate surface area is 160 Å². The van der Waals surface area contributed by atoms with Crippen LogP contribution in [0.3, 0.4) is 0 Å². The quantitative estimate of drug-likeness (QED) is 0.626. The van der Waals surface area contributed by atoms with E-state index in [9.17, 15) is 0 Å². The zero-order valence-electron chi connectivity index (χ0n) is 19.4. The summed E-state index contributed by atoms with van der Waals surface area (Å²) in [4.78, 5) is 6.78. The number of nitrogens with zero attached hydrogens (tertiary/aromatic N) is 3. The summed E-state index contributed by atoms with van der Waals surface area (Å²) < 4.78 is 0. The molecule has 0 aromatic heterocycles. The van der Waals surface area contributed by atoms with Crippen molar-refractivity contribution in [1.29, 1.82) is 0 Å². The molecular formula is C20H51N5. The number of hydrogen-bond donors (Lipinski definition) is 2. The summed E-state index contributed by atoms with van der Waals surface area (Å²) in [6.07, 6.45) is 1.26. The standard InChI is InChI=1S/C9H23N3.C6H15N.C5H13N/c1-8(11-7-6-10)9(2,3)12(4)5;1-4-7(5-2)6-3;1-4-5-6(2)3/h8,11H,6-7,10H2,1-5H3;4-6H2,1-3H3;4-5H2,1-3H3. The van der Waals surface area contributed by atoms with E-state index in [-0.39, 0.29) is 5.54 Å². The Morgan fingerprint density at radius 1 is 0.920 bits per heavy atom. The highest BCUT2D eigenvalue weighted by atomic mass is 15.2. The number of hydrogen-bond acceptors (Lipinski definition) is 5. The van der Waals surface area contributed by atoms with Gasteiger partial charge in [0, 0.05) is 24.7 Å². The molecule has 0 aromatic rings. The molecule has 0 aliphatic carbocycles. The van der Waals surface area contributed by atoms with Gasteiger partial charge in [-0.15, -0.1) is 0 Å². The summed E-state index contributed by atoms with van der Waals surface area (Å²) in [7, 11) is 8.37. The van der Waals surface area contributed by atoms with E-state index < -0.39 is 0 Å². The van der Waals surface area contributed by atoms with Crippen LogP contribution in [0.15, 0.2) is 0 Å². The normalized spacial score (nSPS) is 12.6. The molecular weight excluding hydrogens is 310 g/mol. The Bertz CT molecular complexity index is 245. The number of nitrogens with two attached hydrogens (primary N) is 1. The molecule has 5 nitrogen and oxygen atoms in total. The van der Waals surface area contributed by atoms with Crippen LogP contribution in [0.1, 0.15) is 54.9 Å². The predicted octanol–water partition coefficient (Wildman–Crippen LogP) is 2.57. The maximum absolute atomic E-state index is 5.42. The fourth-order valence-corrected chi connectivity index (χ4v) is 2.05. The van der Waals surface area contributed by atoms with Crippen molar-refractivity contribution >= 4 is 0 Å². The van der Waals surface area contributed by atoms with E-state index in [0.29, 0.717) is 12.6 Å². The van der Waals surface area contributed by atoms with E-state index in [1.54, 1.807) is 0 Å². The molecule has 0 amide bonds. The van der Waals surface area contributed by atoms with Crippen LogP contribution in [-0.4, -0.2) is 93.7 Å². The van der Waals surface area contributed by atoms with E-state index in [4.69, 9.17) is 5.73 Å². The average molecular weight is 362 g/mol. The lowest BCUT2D eigenvalue weighted by Gasteiger charge is -2.38. The summed E-state index contributed by atoms with van der Waals surface area (Å²) in [6, 6.07) is 0.455. The minimum absolute atomic E-state index is 0.176. The molecule has 5 heteroatoms. The maximum atomic E-state index is 5.42. The third-order valence-electron chi connectivity index (χ3n) is 4.82. The van der Waals surface area contributed by atoms with Crippen LogP contribution in [0.25, 0.3) is 0 Å². The highest BCUT2D eigenvalue weighted by Gasteiger charge is 2.27. The topological polar surface area (TPSA) is 47.8 Å². The molecule has 1 atom stereocenters. The average Bonchev–Trinajstić information content (AvgIpc) is 2.55. The Hall–Kier alpha value is -0.200. The second-order valence-corrected chi connectivity index (χ2v) is 7.44. The first-order chi connectivity index (χ1) is 11.5. The first kappa shape index (κ1) is 29.6. The monoisotopic (exact) mass is 361 g/mol. The van der Waals surface area contributed by atoms with Gasteiger partial charge < -0.3 is 25.8 Å². The lowest BCUT2D eigenvalue weighted by Crippen LogP contribution is -2.54. The highest BCUT2D eigenvalue weighted by molar-refractivity contribution is 4.88. The van der Waals surface area contributed by atoms with Gasteiger partial charge in [0.2, 0.25) is 0 Å². The van der Waals surface area contributed by atoms with Gasteiger partial charge in [0.05, 0.1) is 0 Å². The molecule has 0 aromatic carbocycles. The van der Waals surface area contributed by atoms with E-state index in [2.05, 4.69) is 96.7 Å². The summed E-state index contributed by atoms with van der Waals surface area (Å²) in [5.41, 5.74) is 5.60. The number of rotatable bonds is 10. The van der Waals surface area contributed by atoms with Gasteiger partial charge in [-0.25, -0.2) is 0 Å². The third-order valence-corrected chi connectivity index (χ3v) is 4.82. The lowest BCUT2D eigenvalue weighted by molar-refractivity contribution is 0.147. The van der Waals surface area contributed by atoms with Crippen LogP contribution < -0.4 is 11.1 Å². The van der Waals surface area contributed by atoms with Gasteiger partial charge in [0.25, 0.3) is 0 Å². The van der Waals surface area contributed by atoms with Crippen molar-refractivity contribution in [2.75, 3.05) is 67.5 Å². The van der Waals surface area contributed by atoms with Gasteiger partial charge in [-0.3, -0.25) is 0 Å². The molecule has 0 spiro atoms. The predicted molar refractivity (Wildman–Crippen MR) is 117 cm³/mol. The number of likely N-dealkylation sites (N-methyl/N-ethyl adjacent to an activating group) is 1. The van der Waals surface area contributed by atoms with Crippen LogP contribution in [0, 0.1) is 0 Å². The fraction of sp³-hybridized carbons (Fsp3) is 1.00. The summed E-state index contributed by atoms with van der Waals surface area (Å²) in [6.45, 7) is 21.7. The summed E-state index contributed by atoms with van der Waals surface area (Å²) in [5.74, 6) is 0. The molecule has 1 unspecified atom stereocenters. The summed E-state index contributed by atoms with van der Waals surface area (Å²) in [5, 5.41) is 3.39. The SMILES string of the molecule is CC(NCCN)C(C)(C)N(C)C.CCCN(C)C.CCN(CC)CC. The van der Waals surface area contributed by atoms with E-state index in [1.807, 2.05) is 0 Å². The molecule has 3 N–H and O–H groups in total. The molecule has 0 saturated heterocycles. The molecule has 156 valence electrons. The fourth-order valence-electron chi connectivity index (χ4n) is 2.05. The number of nitrogens with one attached hydrogen (secondary N) is 1. The third kappa shape index (κ3) is 18.4. The van der Waals surface area contributed by atoms with Gasteiger partial charge in [0.1, 0.15) is 0 Å². The largest absolute Gasteiger partial charge is 0.329 e. The smallest absolute Gasteiger partial charge is 0.0297 e. The minimum atomic E-state index is 0.176. The van der Waals surface area contributed by atoms with E-state index >= 15 is 0 Å².